The third-order valence-corrected chi connectivity index (χ3v) is 4.86. The van der Waals surface area contributed by atoms with Crippen molar-refractivity contribution >= 4 is 17.0 Å². The number of allylic oxidation sites excluding steroid dienone is 1. The van der Waals surface area contributed by atoms with E-state index in [4.69, 9.17) is 0 Å². The molecule has 0 N–H and O–H groups in total. The molecule has 136 valence electrons. The summed E-state index contributed by atoms with van der Waals surface area (Å²) in [5.74, 6) is 0.0830. The van der Waals surface area contributed by atoms with Gasteiger partial charge >= 0.3 is 0 Å². The first-order valence-corrected chi connectivity index (χ1v) is 9.16. The first kappa shape index (κ1) is 18.7. The van der Waals surface area contributed by atoms with Crippen molar-refractivity contribution in [2.45, 2.75) is 12.3 Å². The summed E-state index contributed by atoms with van der Waals surface area (Å²) in [6, 6.07) is 28.0. The van der Waals surface area contributed by atoms with Crippen LogP contribution in [0.15, 0.2) is 91.5 Å². The molecule has 0 amide bonds. The highest BCUT2D eigenvalue weighted by atomic mass is 16.1. The molecule has 2 nitrogen and oxygen atoms in total. The zero-order chi connectivity index (χ0) is 19.2. The Hall–Kier alpha value is -3.13. The number of hydrogen-bond donors (Lipinski definition) is 0. The van der Waals surface area contributed by atoms with Gasteiger partial charge in [0.2, 0.25) is 0 Å². The summed E-state index contributed by atoms with van der Waals surface area (Å²) < 4.78 is 0. The Bertz CT molecular complexity index is 896. The maximum absolute atomic E-state index is 12.9. The lowest BCUT2D eigenvalue weighted by Gasteiger charge is -2.21. The number of nitrogens with zero attached hydrogens (tertiary/aromatic N) is 1. The highest BCUT2D eigenvalue weighted by Gasteiger charge is 2.21. The fourth-order valence-electron chi connectivity index (χ4n) is 3.23. The molecule has 1 unspecified atom stereocenters. The van der Waals surface area contributed by atoms with Crippen molar-refractivity contribution in [3.05, 3.63) is 108 Å². The van der Waals surface area contributed by atoms with Gasteiger partial charge < -0.3 is 4.90 Å². The number of anilines is 1. The zero-order valence-corrected chi connectivity index (χ0v) is 15.9. The fraction of sp³-hybridized carbons (Fsp3) is 0.160. The molecule has 1 atom stereocenters. The molecule has 3 aromatic rings. The van der Waals surface area contributed by atoms with E-state index in [0.29, 0.717) is 6.42 Å². The Kier molecular flexibility index (Phi) is 5.87. The second-order valence-electron chi connectivity index (χ2n) is 6.92. The second kappa shape index (κ2) is 8.50. The van der Waals surface area contributed by atoms with Crippen LogP contribution in [0, 0.1) is 0 Å². The van der Waals surface area contributed by atoms with E-state index in [1.54, 1.807) is 0 Å². The van der Waals surface area contributed by atoms with E-state index in [0.717, 1.165) is 28.0 Å². The van der Waals surface area contributed by atoms with Crippen LogP contribution in [0.1, 0.15) is 33.8 Å². The second-order valence-corrected chi connectivity index (χ2v) is 6.92. The van der Waals surface area contributed by atoms with Crippen LogP contribution < -0.4 is 4.90 Å². The molecular weight excluding hydrogens is 330 g/mol. The van der Waals surface area contributed by atoms with Gasteiger partial charge in [-0.05, 0) is 28.8 Å². The SMILES string of the molecule is C=C(c1ccc(N(C)C)cc1)C(CC(=O)c1ccccc1)c1ccccc1. The lowest BCUT2D eigenvalue weighted by molar-refractivity contribution is 0.0979. The number of carbonyl (C=O) groups is 1. The average Bonchev–Trinajstić information content (AvgIpc) is 2.72. The van der Waals surface area contributed by atoms with Crippen molar-refractivity contribution in [3.63, 3.8) is 0 Å². The van der Waals surface area contributed by atoms with Crippen molar-refractivity contribution in [2.24, 2.45) is 0 Å². The molecule has 27 heavy (non-hydrogen) atoms. The normalized spacial score (nSPS) is 11.6. The number of carbonyl (C=O) groups excluding carboxylic acids is 1. The van der Waals surface area contributed by atoms with Gasteiger partial charge in [-0.15, -0.1) is 0 Å². The molecule has 0 fully saturated rings. The monoisotopic (exact) mass is 355 g/mol. The Morgan fingerprint density at radius 1 is 0.815 bits per heavy atom. The van der Waals surface area contributed by atoms with Gasteiger partial charge in [0, 0.05) is 37.7 Å². The summed E-state index contributed by atoms with van der Waals surface area (Å²) in [5, 5.41) is 0. The number of rotatable bonds is 7. The fourth-order valence-corrected chi connectivity index (χ4v) is 3.23. The molecular formula is C25H25NO. The molecule has 3 aromatic carbocycles. The van der Waals surface area contributed by atoms with E-state index in [2.05, 4.69) is 47.9 Å². The van der Waals surface area contributed by atoms with Gasteiger partial charge in [-0.1, -0.05) is 79.4 Å². The standard InChI is InChI=1S/C25H25NO/c1-19(20-14-16-23(17-15-20)26(2)3)24(21-10-6-4-7-11-21)18-25(27)22-12-8-5-9-13-22/h4-17,24H,1,18H2,2-3H3. The van der Waals surface area contributed by atoms with Crippen molar-refractivity contribution < 1.29 is 4.79 Å². The van der Waals surface area contributed by atoms with Crippen LogP contribution in [-0.2, 0) is 0 Å². The first-order valence-electron chi connectivity index (χ1n) is 9.16. The average molecular weight is 355 g/mol. The quantitative estimate of drug-likeness (QED) is 0.498. The van der Waals surface area contributed by atoms with Gasteiger partial charge in [0.15, 0.2) is 5.78 Å². The molecule has 0 aliphatic rings. The largest absolute Gasteiger partial charge is 0.378 e. The molecule has 0 bridgehead atoms. The van der Waals surface area contributed by atoms with Gasteiger partial charge in [-0.2, -0.15) is 0 Å². The molecule has 3 rings (SSSR count). The van der Waals surface area contributed by atoms with Crippen LogP contribution in [0.25, 0.3) is 5.57 Å². The first-order chi connectivity index (χ1) is 13.1. The molecule has 0 aromatic heterocycles. The molecule has 2 heteroatoms. The Morgan fingerprint density at radius 3 is 1.93 bits per heavy atom. The topological polar surface area (TPSA) is 20.3 Å². The third-order valence-electron chi connectivity index (χ3n) is 4.86. The Morgan fingerprint density at radius 2 is 1.37 bits per heavy atom. The van der Waals surface area contributed by atoms with Crippen LogP contribution in [0.4, 0.5) is 5.69 Å². The maximum atomic E-state index is 12.9. The molecule has 0 radical (unpaired) electrons. The van der Waals surface area contributed by atoms with E-state index < -0.39 is 0 Å². The van der Waals surface area contributed by atoms with E-state index in [-0.39, 0.29) is 11.7 Å². The van der Waals surface area contributed by atoms with E-state index in [9.17, 15) is 4.79 Å². The van der Waals surface area contributed by atoms with Crippen molar-refractivity contribution in [2.75, 3.05) is 19.0 Å². The minimum absolute atomic E-state index is 0.0517. The number of hydrogen-bond acceptors (Lipinski definition) is 2. The number of benzene rings is 3. The molecule has 0 aliphatic carbocycles. The molecule has 0 spiro atoms. The van der Waals surface area contributed by atoms with Gasteiger partial charge in [0.25, 0.3) is 0 Å². The lowest BCUT2D eigenvalue weighted by atomic mass is 9.83. The Balaban J connectivity index is 1.90. The minimum atomic E-state index is -0.0517. The summed E-state index contributed by atoms with van der Waals surface area (Å²) >= 11 is 0. The van der Waals surface area contributed by atoms with Crippen molar-refractivity contribution in [3.8, 4) is 0 Å². The van der Waals surface area contributed by atoms with Crippen LogP contribution >= 0.6 is 0 Å². The highest BCUT2D eigenvalue weighted by Crippen LogP contribution is 2.35. The summed E-state index contributed by atoms with van der Waals surface area (Å²) in [5.41, 5.74) is 5.03. The predicted octanol–water partition coefficient (Wildman–Crippen LogP) is 5.82. The molecule has 0 saturated heterocycles. The Labute approximate surface area is 161 Å². The third kappa shape index (κ3) is 4.53. The van der Waals surface area contributed by atoms with Crippen molar-refractivity contribution in [1.29, 1.82) is 0 Å². The zero-order valence-electron chi connectivity index (χ0n) is 15.9. The predicted molar refractivity (Wildman–Crippen MR) is 114 cm³/mol. The van der Waals surface area contributed by atoms with Gasteiger partial charge in [0.1, 0.15) is 0 Å². The summed E-state index contributed by atoms with van der Waals surface area (Å²) in [4.78, 5) is 14.9. The van der Waals surface area contributed by atoms with E-state index >= 15 is 0 Å². The van der Waals surface area contributed by atoms with Gasteiger partial charge in [-0.25, -0.2) is 0 Å². The van der Waals surface area contributed by atoms with Crippen molar-refractivity contribution in [1.82, 2.24) is 0 Å². The summed E-state index contributed by atoms with van der Waals surface area (Å²) in [6.45, 7) is 4.36. The molecule has 0 saturated carbocycles. The summed E-state index contributed by atoms with van der Waals surface area (Å²) in [6.07, 6.45) is 0.405. The van der Waals surface area contributed by atoms with Crippen LogP contribution in [-0.4, -0.2) is 19.9 Å². The number of ketones is 1. The molecule has 0 heterocycles. The molecule has 0 aliphatic heterocycles. The highest BCUT2D eigenvalue weighted by molar-refractivity contribution is 5.97. The summed E-state index contributed by atoms with van der Waals surface area (Å²) in [7, 11) is 4.05. The minimum Gasteiger partial charge on any atom is -0.378 e. The van der Waals surface area contributed by atoms with Gasteiger partial charge in [-0.3, -0.25) is 4.79 Å². The van der Waals surface area contributed by atoms with E-state index in [1.807, 2.05) is 62.6 Å². The maximum Gasteiger partial charge on any atom is 0.163 e. The lowest BCUT2D eigenvalue weighted by Crippen LogP contribution is -2.10. The number of Topliss-reactive ketones (excluding diaryl/α,β-unsaturated/α-hetero) is 1. The van der Waals surface area contributed by atoms with Crippen LogP contribution in [0.2, 0.25) is 0 Å². The van der Waals surface area contributed by atoms with E-state index in [1.165, 1.54) is 0 Å². The van der Waals surface area contributed by atoms with Crippen LogP contribution in [0.5, 0.6) is 0 Å². The van der Waals surface area contributed by atoms with Gasteiger partial charge in [0.05, 0.1) is 0 Å². The smallest absolute Gasteiger partial charge is 0.163 e. The van der Waals surface area contributed by atoms with Crippen LogP contribution in [0.3, 0.4) is 0 Å².